The minimum absolute atomic E-state index is 1.05. The van der Waals surface area contributed by atoms with Crippen molar-refractivity contribution in [2.75, 3.05) is 0 Å². The molecule has 2 aliphatic rings. The molecule has 1 aliphatic heterocycles. The SMILES string of the molecule is CCC[C]1OC=C2C=CC=C12. The largest absolute Gasteiger partial charge is 0.485 e. The maximum atomic E-state index is 5.40. The summed E-state index contributed by atoms with van der Waals surface area (Å²) < 4.78 is 5.40. The molecule has 0 saturated heterocycles. The highest BCUT2D eigenvalue weighted by Gasteiger charge is 2.25. The molecule has 0 saturated carbocycles. The van der Waals surface area contributed by atoms with E-state index in [1.807, 2.05) is 6.26 Å². The number of hydrogen-bond acceptors (Lipinski definition) is 1. The molecule has 1 nitrogen and oxygen atoms in total. The molecule has 57 valence electrons. The van der Waals surface area contributed by atoms with Gasteiger partial charge in [0.2, 0.25) is 0 Å². The highest BCUT2D eigenvalue weighted by Crippen LogP contribution is 2.37. The van der Waals surface area contributed by atoms with Crippen LogP contribution in [0.4, 0.5) is 0 Å². The molecule has 1 heteroatoms. The Kier molecular flexibility index (Phi) is 1.57. The van der Waals surface area contributed by atoms with E-state index in [1.54, 1.807) is 0 Å². The second-order valence-corrected chi connectivity index (χ2v) is 2.80. The van der Waals surface area contributed by atoms with Gasteiger partial charge in [-0.25, -0.2) is 0 Å². The van der Waals surface area contributed by atoms with Gasteiger partial charge in [0.25, 0.3) is 0 Å². The van der Waals surface area contributed by atoms with Crippen molar-refractivity contribution in [3.63, 3.8) is 0 Å². The monoisotopic (exact) mass is 147 g/mol. The average Bonchev–Trinajstić information content (AvgIpc) is 2.53. The minimum atomic E-state index is 1.05. The summed E-state index contributed by atoms with van der Waals surface area (Å²) in [5, 5.41) is 0. The van der Waals surface area contributed by atoms with Crippen LogP contribution in [0.5, 0.6) is 0 Å². The van der Waals surface area contributed by atoms with Gasteiger partial charge in [0.1, 0.15) is 0 Å². The number of fused-ring (bicyclic) bond motifs is 1. The molecule has 0 aromatic heterocycles. The molecule has 0 fully saturated rings. The summed E-state index contributed by atoms with van der Waals surface area (Å²) in [5.74, 6) is 0. The Morgan fingerprint density at radius 3 is 3.18 bits per heavy atom. The summed E-state index contributed by atoms with van der Waals surface area (Å²) >= 11 is 0. The van der Waals surface area contributed by atoms with Crippen LogP contribution in [0, 0.1) is 6.10 Å². The van der Waals surface area contributed by atoms with Gasteiger partial charge in [0.05, 0.1) is 6.26 Å². The Bertz CT molecular complexity index is 246. The van der Waals surface area contributed by atoms with E-state index in [-0.39, 0.29) is 0 Å². The van der Waals surface area contributed by atoms with Crippen LogP contribution in [-0.2, 0) is 4.74 Å². The van der Waals surface area contributed by atoms with Crippen molar-refractivity contribution < 1.29 is 4.74 Å². The molecule has 1 radical (unpaired) electrons. The van der Waals surface area contributed by atoms with E-state index in [9.17, 15) is 0 Å². The topological polar surface area (TPSA) is 9.23 Å². The zero-order chi connectivity index (χ0) is 7.68. The van der Waals surface area contributed by atoms with Gasteiger partial charge >= 0.3 is 0 Å². The minimum Gasteiger partial charge on any atom is -0.485 e. The molecule has 0 amide bonds. The average molecular weight is 147 g/mol. The summed E-state index contributed by atoms with van der Waals surface area (Å²) in [5.41, 5.74) is 2.51. The summed E-state index contributed by atoms with van der Waals surface area (Å²) in [6, 6.07) is 0. The van der Waals surface area contributed by atoms with Crippen LogP contribution >= 0.6 is 0 Å². The van der Waals surface area contributed by atoms with Gasteiger partial charge in [-0.15, -0.1) is 0 Å². The van der Waals surface area contributed by atoms with Gasteiger partial charge in [-0.1, -0.05) is 31.6 Å². The van der Waals surface area contributed by atoms with E-state index in [1.165, 1.54) is 11.1 Å². The zero-order valence-corrected chi connectivity index (χ0v) is 6.63. The fraction of sp³-hybridized carbons (Fsp3) is 0.300. The summed E-state index contributed by atoms with van der Waals surface area (Å²) in [4.78, 5) is 0. The lowest BCUT2D eigenvalue weighted by molar-refractivity contribution is 0.282. The Morgan fingerprint density at radius 2 is 2.36 bits per heavy atom. The van der Waals surface area contributed by atoms with Crippen LogP contribution in [0.2, 0.25) is 0 Å². The Labute approximate surface area is 67.1 Å². The second kappa shape index (κ2) is 2.57. The molecular weight excluding hydrogens is 136 g/mol. The molecule has 0 N–H and O–H groups in total. The maximum absolute atomic E-state index is 5.40. The van der Waals surface area contributed by atoms with Crippen molar-refractivity contribution in [3.05, 3.63) is 41.7 Å². The van der Waals surface area contributed by atoms with Crippen LogP contribution in [-0.4, -0.2) is 0 Å². The number of rotatable bonds is 2. The highest BCUT2D eigenvalue weighted by atomic mass is 16.5. The van der Waals surface area contributed by atoms with Crippen LogP contribution < -0.4 is 0 Å². The molecule has 1 aliphatic carbocycles. The Balaban J connectivity index is 2.12. The summed E-state index contributed by atoms with van der Waals surface area (Å²) in [7, 11) is 0. The van der Waals surface area contributed by atoms with Crippen LogP contribution in [0.15, 0.2) is 35.6 Å². The quantitative estimate of drug-likeness (QED) is 0.583. The van der Waals surface area contributed by atoms with Crippen molar-refractivity contribution in [1.82, 2.24) is 0 Å². The standard InChI is InChI=1S/C10H11O/c1-2-4-10-9-6-3-5-8(9)7-11-10/h3,5-7H,2,4H2,1H3. The Morgan fingerprint density at radius 1 is 1.45 bits per heavy atom. The molecular formula is C10H11O. The molecule has 0 spiro atoms. The van der Waals surface area contributed by atoms with Gasteiger partial charge in [-0.05, 0) is 6.42 Å². The van der Waals surface area contributed by atoms with Crippen molar-refractivity contribution >= 4 is 0 Å². The number of hydrogen-bond donors (Lipinski definition) is 0. The molecule has 2 rings (SSSR count). The smallest absolute Gasteiger partial charge is 0.177 e. The van der Waals surface area contributed by atoms with Crippen LogP contribution in [0.3, 0.4) is 0 Å². The summed E-state index contributed by atoms with van der Waals surface area (Å²) in [6.07, 6.45) is 11.4. The van der Waals surface area contributed by atoms with Gasteiger partial charge in [0.15, 0.2) is 6.10 Å². The van der Waals surface area contributed by atoms with Crippen LogP contribution in [0.25, 0.3) is 0 Å². The first-order chi connectivity index (χ1) is 5.42. The second-order valence-electron chi connectivity index (χ2n) is 2.80. The predicted octanol–water partition coefficient (Wildman–Crippen LogP) is 2.73. The normalized spacial score (nSPS) is 21.2. The molecule has 0 aromatic rings. The molecule has 1 heterocycles. The lowest BCUT2D eigenvalue weighted by atomic mass is 10.0. The van der Waals surface area contributed by atoms with Gasteiger partial charge in [-0.2, -0.15) is 0 Å². The van der Waals surface area contributed by atoms with Gasteiger partial charge < -0.3 is 4.74 Å². The first-order valence-corrected chi connectivity index (χ1v) is 4.03. The van der Waals surface area contributed by atoms with Crippen molar-refractivity contribution in [1.29, 1.82) is 0 Å². The van der Waals surface area contributed by atoms with E-state index in [2.05, 4.69) is 25.2 Å². The van der Waals surface area contributed by atoms with Crippen LogP contribution in [0.1, 0.15) is 19.8 Å². The lowest BCUT2D eigenvalue weighted by Crippen LogP contribution is -1.95. The maximum Gasteiger partial charge on any atom is 0.177 e. The fourth-order valence-corrected chi connectivity index (χ4v) is 1.41. The van der Waals surface area contributed by atoms with Gasteiger partial charge in [0, 0.05) is 11.1 Å². The van der Waals surface area contributed by atoms with E-state index < -0.39 is 0 Å². The fourth-order valence-electron chi connectivity index (χ4n) is 1.41. The molecule has 0 atom stereocenters. The predicted molar refractivity (Wildman–Crippen MR) is 44.5 cm³/mol. The zero-order valence-electron chi connectivity index (χ0n) is 6.63. The first kappa shape index (κ1) is 6.71. The number of allylic oxidation sites excluding steroid dienone is 3. The Hall–Kier alpha value is -0.980. The third-order valence-electron chi connectivity index (χ3n) is 1.96. The van der Waals surface area contributed by atoms with E-state index in [4.69, 9.17) is 4.74 Å². The van der Waals surface area contributed by atoms with Crippen molar-refractivity contribution in [3.8, 4) is 0 Å². The molecule has 0 unspecified atom stereocenters. The first-order valence-electron chi connectivity index (χ1n) is 4.03. The molecule has 0 aromatic carbocycles. The molecule has 0 bridgehead atoms. The van der Waals surface area contributed by atoms with Crippen molar-refractivity contribution in [2.24, 2.45) is 0 Å². The van der Waals surface area contributed by atoms with E-state index in [0.29, 0.717) is 0 Å². The van der Waals surface area contributed by atoms with E-state index in [0.717, 1.165) is 18.9 Å². The highest BCUT2D eigenvalue weighted by molar-refractivity contribution is 5.56. The third kappa shape index (κ3) is 1.01. The lowest BCUT2D eigenvalue weighted by Gasteiger charge is -2.07. The molecule has 11 heavy (non-hydrogen) atoms. The van der Waals surface area contributed by atoms with Crippen molar-refractivity contribution in [2.45, 2.75) is 19.8 Å². The van der Waals surface area contributed by atoms with E-state index >= 15 is 0 Å². The third-order valence-corrected chi connectivity index (χ3v) is 1.96. The summed E-state index contributed by atoms with van der Waals surface area (Å²) in [6.45, 7) is 2.16. The number of ether oxygens (including phenoxy) is 1. The van der Waals surface area contributed by atoms with Gasteiger partial charge in [-0.3, -0.25) is 0 Å².